The first-order chi connectivity index (χ1) is 12.0. The summed E-state index contributed by atoms with van der Waals surface area (Å²) in [6.45, 7) is 3.89. The lowest BCUT2D eigenvalue weighted by atomic mass is 10.1. The van der Waals surface area contributed by atoms with Gasteiger partial charge in [-0.1, -0.05) is 30.3 Å². The first kappa shape index (κ1) is 18.5. The average Bonchev–Trinajstić information content (AvgIpc) is 2.59. The smallest absolute Gasteiger partial charge is 0.221 e. The summed E-state index contributed by atoms with van der Waals surface area (Å²) < 4.78 is 5.58. The van der Waals surface area contributed by atoms with Gasteiger partial charge in [-0.2, -0.15) is 0 Å². The molecule has 0 fully saturated rings. The van der Waals surface area contributed by atoms with Crippen molar-refractivity contribution in [2.45, 2.75) is 32.7 Å². The average molecular weight is 340 g/mol. The van der Waals surface area contributed by atoms with Crippen LogP contribution in [0.1, 0.15) is 38.3 Å². The second kappa shape index (κ2) is 9.47. The lowest BCUT2D eigenvalue weighted by molar-refractivity contribution is -0.122. The molecule has 2 rings (SSSR count). The van der Waals surface area contributed by atoms with Crippen LogP contribution in [0.3, 0.4) is 0 Å². The summed E-state index contributed by atoms with van der Waals surface area (Å²) in [5, 5.41) is 5.71. The lowest BCUT2D eigenvalue weighted by Crippen LogP contribution is -2.26. The van der Waals surface area contributed by atoms with Gasteiger partial charge in [-0.25, -0.2) is 0 Å². The van der Waals surface area contributed by atoms with Crippen LogP contribution in [-0.4, -0.2) is 18.4 Å². The maximum Gasteiger partial charge on any atom is 0.221 e. The Morgan fingerprint density at radius 3 is 2.56 bits per heavy atom. The fraction of sp³-hybridized carbons (Fsp3) is 0.300. The Hall–Kier alpha value is -2.82. The molecule has 132 valence electrons. The quantitative estimate of drug-likeness (QED) is 0.720. The van der Waals surface area contributed by atoms with Crippen molar-refractivity contribution in [3.63, 3.8) is 0 Å². The van der Waals surface area contributed by atoms with Crippen LogP contribution in [0.4, 0.5) is 5.69 Å². The highest BCUT2D eigenvalue weighted by atomic mass is 16.5. The van der Waals surface area contributed by atoms with Gasteiger partial charge in [-0.3, -0.25) is 9.59 Å². The predicted octanol–water partition coefficient (Wildman–Crippen LogP) is 3.68. The number of para-hydroxylation sites is 1. The standard InChI is InChI=1S/C20H24N2O3/c1-15(17-8-6-9-18(14-17)22-16(2)23)21-20(24)12-7-13-25-19-10-4-3-5-11-19/h3-6,8-11,14-15H,7,12-13H2,1-2H3,(H,21,24)(H,22,23). The van der Waals surface area contributed by atoms with Crippen molar-refractivity contribution in [2.75, 3.05) is 11.9 Å². The molecule has 0 aliphatic rings. The number of carbonyl (C=O) groups is 2. The summed E-state index contributed by atoms with van der Waals surface area (Å²) in [5.74, 6) is 0.674. The molecule has 2 amide bonds. The molecule has 0 aromatic heterocycles. The van der Waals surface area contributed by atoms with Gasteiger partial charge in [0.15, 0.2) is 0 Å². The zero-order valence-electron chi connectivity index (χ0n) is 14.6. The van der Waals surface area contributed by atoms with E-state index in [9.17, 15) is 9.59 Å². The molecule has 0 radical (unpaired) electrons. The third-order valence-corrected chi connectivity index (χ3v) is 3.64. The summed E-state index contributed by atoms with van der Waals surface area (Å²) in [4.78, 5) is 23.2. The highest BCUT2D eigenvalue weighted by molar-refractivity contribution is 5.88. The maximum atomic E-state index is 12.1. The molecule has 0 heterocycles. The summed E-state index contributed by atoms with van der Waals surface area (Å²) >= 11 is 0. The summed E-state index contributed by atoms with van der Waals surface area (Å²) in [6.07, 6.45) is 1.06. The Balaban J connectivity index is 1.75. The van der Waals surface area contributed by atoms with E-state index in [0.717, 1.165) is 17.0 Å². The van der Waals surface area contributed by atoms with Crippen LogP contribution in [0.25, 0.3) is 0 Å². The topological polar surface area (TPSA) is 67.4 Å². The summed E-state index contributed by atoms with van der Waals surface area (Å²) in [5.41, 5.74) is 1.67. The number of nitrogens with one attached hydrogen (secondary N) is 2. The van der Waals surface area contributed by atoms with E-state index in [2.05, 4.69) is 10.6 Å². The zero-order chi connectivity index (χ0) is 18.1. The number of carbonyl (C=O) groups excluding carboxylic acids is 2. The van der Waals surface area contributed by atoms with Crippen molar-refractivity contribution in [3.05, 3.63) is 60.2 Å². The molecule has 25 heavy (non-hydrogen) atoms. The van der Waals surface area contributed by atoms with Crippen LogP contribution in [0.5, 0.6) is 5.75 Å². The van der Waals surface area contributed by atoms with Crippen LogP contribution < -0.4 is 15.4 Å². The highest BCUT2D eigenvalue weighted by Gasteiger charge is 2.10. The Kier molecular flexibility index (Phi) is 7.01. The molecule has 0 aliphatic carbocycles. The van der Waals surface area contributed by atoms with E-state index in [1.807, 2.05) is 61.5 Å². The molecular formula is C20H24N2O3. The van der Waals surface area contributed by atoms with E-state index in [-0.39, 0.29) is 17.9 Å². The number of anilines is 1. The van der Waals surface area contributed by atoms with E-state index in [0.29, 0.717) is 19.4 Å². The second-order valence-electron chi connectivity index (χ2n) is 5.86. The first-order valence-corrected chi connectivity index (χ1v) is 8.39. The summed E-state index contributed by atoms with van der Waals surface area (Å²) in [6, 6.07) is 16.9. The van der Waals surface area contributed by atoms with Crippen LogP contribution in [0.15, 0.2) is 54.6 Å². The lowest BCUT2D eigenvalue weighted by Gasteiger charge is -2.15. The Morgan fingerprint density at radius 1 is 1.08 bits per heavy atom. The van der Waals surface area contributed by atoms with E-state index < -0.39 is 0 Å². The van der Waals surface area contributed by atoms with Gasteiger partial charge in [-0.15, -0.1) is 0 Å². The fourth-order valence-corrected chi connectivity index (χ4v) is 2.43. The molecule has 2 aromatic carbocycles. The number of hydrogen-bond donors (Lipinski definition) is 2. The van der Waals surface area contributed by atoms with Crippen LogP contribution in [0, 0.1) is 0 Å². The van der Waals surface area contributed by atoms with E-state index in [4.69, 9.17) is 4.74 Å². The normalized spacial score (nSPS) is 11.4. The van der Waals surface area contributed by atoms with Crippen molar-refractivity contribution in [1.29, 1.82) is 0 Å². The fourth-order valence-electron chi connectivity index (χ4n) is 2.43. The van der Waals surface area contributed by atoms with Gasteiger partial charge in [0.25, 0.3) is 0 Å². The highest BCUT2D eigenvalue weighted by Crippen LogP contribution is 2.17. The minimum absolute atomic E-state index is 0.0194. The number of rotatable bonds is 8. The number of hydrogen-bond acceptors (Lipinski definition) is 3. The van der Waals surface area contributed by atoms with Gasteiger partial charge < -0.3 is 15.4 Å². The van der Waals surface area contributed by atoms with Crippen molar-refractivity contribution >= 4 is 17.5 Å². The summed E-state index contributed by atoms with van der Waals surface area (Å²) in [7, 11) is 0. The molecule has 0 spiro atoms. The van der Waals surface area contributed by atoms with Crippen molar-refractivity contribution in [1.82, 2.24) is 5.32 Å². The molecule has 0 aliphatic heterocycles. The first-order valence-electron chi connectivity index (χ1n) is 8.39. The molecule has 2 aromatic rings. The van der Waals surface area contributed by atoms with E-state index in [1.54, 1.807) is 0 Å². The molecular weight excluding hydrogens is 316 g/mol. The molecule has 5 nitrogen and oxygen atoms in total. The van der Waals surface area contributed by atoms with Crippen molar-refractivity contribution in [2.24, 2.45) is 0 Å². The third-order valence-electron chi connectivity index (χ3n) is 3.64. The van der Waals surface area contributed by atoms with Crippen molar-refractivity contribution < 1.29 is 14.3 Å². The number of ether oxygens (including phenoxy) is 1. The molecule has 1 unspecified atom stereocenters. The van der Waals surface area contributed by atoms with Crippen molar-refractivity contribution in [3.8, 4) is 5.75 Å². The van der Waals surface area contributed by atoms with Crippen LogP contribution in [0.2, 0.25) is 0 Å². The molecule has 0 saturated carbocycles. The third kappa shape index (κ3) is 6.67. The zero-order valence-corrected chi connectivity index (χ0v) is 14.6. The van der Waals surface area contributed by atoms with Gasteiger partial charge in [-0.05, 0) is 43.2 Å². The van der Waals surface area contributed by atoms with E-state index in [1.165, 1.54) is 6.92 Å². The predicted molar refractivity (Wildman–Crippen MR) is 98.5 cm³/mol. The minimum Gasteiger partial charge on any atom is -0.494 e. The Labute approximate surface area is 148 Å². The van der Waals surface area contributed by atoms with Gasteiger partial charge >= 0.3 is 0 Å². The Morgan fingerprint density at radius 2 is 1.84 bits per heavy atom. The largest absolute Gasteiger partial charge is 0.494 e. The molecule has 5 heteroatoms. The van der Waals surface area contributed by atoms with Gasteiger partial charge in [0.1, 0.15) is 5.75 Å². The van der Waals surface area contributed by atoms with E-state index >= 15 is 0 Å². The number of amides is 2. The second-order valence-corrected chi connectivity index (χ2v) is 5.86. The Bertz CT molecular complexity index is 701. The molecule has 1 atom stereocenters. The van der Waals surface area contributed by atoms with Gasteiger partial charge in [0.2, 0.25) is 11.8 Å². The van der Waals surface area contributed by atoms with Crippen LogP contribution >= 0.6 is 0 Å². The monoisotopic (exact) mass is 340 g/mol. The SMILES string of the molecule is CC(=O)Nc1cccc(C(C)NC(=O)CCCOc2ccccc2)c1. The molecule has 0 saturated heterocycles. The maximum absolute atomic E-state index is 12.1. The van der Waals surface area contributed by atoms with Gasteiger partial charge in [0.05, 0.1) is 12.6 Å². The van der Waals surface area contributed by atoms with Crippen LogP contribution in [-0.2, 0) is 9.59 Å². The number of benzene rings is 2. The molecule has 2 N–H and O–H groups in total. The van der Waals surface area contributed by atoms with Gasteiger partial charge in [0, 0.05) is 19.0 Å². The molecule has 0 bridgehead atoms. The minimum atomic E-state index is -0.128.